The van der Waals surface area contributed by atoms with Crippen LogP contribution in [0.15, 0.2) is 59.1 Å². The van der Waals surface area contributed by atoms with Crippen LogP contribution >= 0.6 is 11.3 Å². The summed E-state index contributed by atoms with van der Waals surface area (Å²) in [6.45, 7) is 3.32. The third kappa shape index (κ3) is 3.54. The molecule has 0 aliphatic carbocycles. The topological polar surface area (TPSA) is 71.3 Å². The summed E-state index contributed by atoms with van der Waals surface area (Å²) in [6.07, 6.45) is 2.38. The van der Waals surface area contributed by atoms with Crippen molar-refractivity contribution in [2.45, 2.75) is 18.9 Å². The summed E-state index contributed by atoms with van der Waals surface area (Å²) in [6, 6.07) is 18.0. The Morgan fingerprint density at radius 2 is 1.90 bits per heavy atom. The van der Waals surface area contributed by atoms with Crippen LogP contribution in [0.3, 0.4) is 0 Å². The van der Waals surface area contributed by atoms with Crippen molar-refractivity contribution in [3.05, 3.63) is 59.5 Å². The molecule has 4 aromatic rings. The summed E-state index contributed by atoms with van der Waals surface area (Å²) in [5.41, 5.74) is 1.77. The highest BCUT2D eigenvalue weighted by Crippen LogP contribution is 2.32. The molecule has 3 fully saturated rings. The van der Waals surface area contributed by atoms with Gasteiger partial charge in [0.2, 0.25) is 5.82 Å². The highest BCUT2D eigenvalue weighted by molar-refractivity contribution is 7.20. The average Bonchev–Trinajstić information content (AvgIpc) is 3.48. The Balaban J connectivity index is 1.23. The van der Waals surface area contributed by atoms with Crippen LogP contribution in [0.4, 0.5) is 0 Å². The Morgan fingerprint density at radius 1 is 1.06 bits per heavy atom. The molecule has 31 heavy (non-hydrogen) atoms. The molecule has 0 saturated carbocycles. The number of benzene rings is 2. The van der Waals surface area contributed by atoms with Gasteiger partial charge in [0.1, 0.15) is 0 Å². The lowest BCUT2D eigenvalue weighted by molar-refractivity contribution is 0.0622. The van der Waals surface area contributed by atoms with Crippen molar-refractivity contribution in [3.63, 3.8) is 0 Å². The molecule has 156 valence electrons. The van der Waals surface area contributed by atoms with Gasteiger partial charge in [-0.15, -0.1) is 11.3 Å². The summed E-state index contributed by atoms with van der Waals surface area (Å²) in [5, 5.41) is 8.49. The van der Waals surface area contributed by atoms with Gasteiger partial charge < -0.3 is 14.7 Å². The molecule has 0 spiro atoms. The van der Waals surface area contributed by atoms with E-state index in [9.17, 15) is 4.79 Å². The van der Waals surface area contributed by atoms with Crippen LogP contribution in [-0.2, 0) is 0 Å². The zero-order chi connectivity index (χ0) is 20.8. The summed E-state index contributed by atoms with van der Waals surface area (Å²) in [7, 11) is 0. The summed E-state index contributed by atoms with van der Waals surface area (Å²) in [5.74, 6) is 1.70. The SMILES string of the molecule is O=C(NC1CN2CCC1CC2)c1cc2ccc(-c3noc(-c4ccccc4)n3)cc2s1. The first-order valence-electron chi connectivity index (χ1n) is 10.7. The summed E-state index contributed by atoms with van der Waals surface area (Å²) < 4.78 is 6.49. The van der Waals surface area contributed by atoms with Crippen molar-refractivity contribution < 1.29 is 9.32 Å². The van der Waals surface area contributed by atoms with Crippen molar-refractivity contribution in [1.29, 1.82) is 0 Å². The summed E-state index contributed by atoms with van der Waals surface area (Å²) >= 11 is 1.51. The number of carbonyl (C=O) groups excluding carboxylic acids is 1. The fourth-order valence-electron chi connectivity index (χ4n) is 4.69. The third-order valence-electron chi connectivity index (χ3n) is 6.42. The number of piperidine rings is 3. The van der Waals surface area contributed by atoms with E-state index < -0.39 is 0 Å². The lowest BCUT2D eigenvalue weighted by atomic mass is 9.84. The van der Waals surface area contributed by atoms with Crippen LogP contribution in [-0.4, -0.2) is 46.6 Å². The molecular formula is C24H22N4O2S. The monoisotopic (exact) mass is 430 g/mol. The number of nitrogens with zero attached hydrogens (tertiary/aromatic N) is 3. The highest BCUT2D eigenvalue weighted by atomic mass is 32.1. The van der Waals surface area contributed by atoms with Crippen LogP contribution in [0.2, 0.25) is 0 Å². The van der Waals surface area contributed by atoms with Crippen molar-refractivity contribution in [2.24, 2.45) is 5.92 Å². The molecule has 6 nitrogen and oxygen atoms in total. The molecule has 1 N–H and O–H groups in total. The maximum Gasteiger partial charge on any atom is 0.261 e. The minimum Gasteiger partial charge on any atom is -0.347 e. The fourth-order valence-corrected chi connectivity index (χ4v) is 5.69. The van der Waals surface area contributed by atoms with Crippen molar-refractivity contribution in [1.82, 2.24) is 20.4 Å². The molecule has 5 heterocycles. The van der Waals surface area contributed by atoms with E-state index >= 15 is 0 Å². The van der Waals surface area contributed by atoms with Crippen molar-refractivity contribution in [3.8, 4) is 22.8 Å². The molecule has 2 aromatic carbocycles. The number of thiophene rings is 1. The lowest BCUT2D eigenvalue weighted by Crippen LogP contribution is -2.57. The fraction of sp³-hybridized carbons (Fsp3) is 0.292. The van der Waals surface area contributed by atoms with E-state index in [2.05, 4.69) is 20.4 Å². The molecule has 3 aliphatic heterocycles. The Hall–Kier alpha value is -3.03. The normalized spacial score (nSPS) is 22.6. The maximum absolute atomic E-state index is 12.9. The molecule has 3 saturated heterocycles. The van der Waals surface area contributed by atoms with Gasteiger partial charge in [-0.1, -0.05) is 35.5 Å². The first-order valence-corrected chi connectivity index (χ1v) is 11.5. The molecule has 2 bridgehead atoms. The Labute approximate surface area is 183 Å². The predicted octanol–water partition coefficient (Wildman–Crippen LogP) is 4.44. The van der Waals surface area contributed by atoms with E-state index in [-0.39, 0.29) is 11.9 Å². The molecular weight excluding hydrogens is 408 g/mol. The minimum absolute atomic E-state index is 0.0347. The van der Waals surface area contributed by atoms with E-state index in [1.807, 2.05) is 54.6 Å². The second kappa shape index (κ2) is 7.59. The van der Waals surface area contributed by atoms with Gasteiger partial charge in [0.15, 0.2) is 0 Å². The summed E-state index contributed by atoms with van der Waals surface area (Å²) in [4.78, 5) is 20.7. The molecule has 2 aromatic heterocycles. The van der Waals surface area contributed by atoms with Gasteiger partial charge in [-0.3, -0.25) is 4.79 Å². The van der Waals surface area contributed by atoms with Crippen LogP contribution in [0.25, 0.3) is 32.9 Å². The zero-order valence-electron chi connectivity index (χ0n) is 17.0. The van der Waals surface area contributed by atoms with E-state index in [0.717, 1.165) is 32.6 Å². The first-order chi connectivity index (χ1) is 15.2. The smallest absolute Gasteiger partial charge is 0.261 e. The zero-order valence-corrected chi connectivity index (χ0v) is 17.8. The van der Waals surface area contributed by atoms with Crippen LogP contribution < -0.4 is 5.32 Å². The highest BCUT2D eigenvalue weighted by Gasteiger charge is 2.35. The van der Waals surface area contributed by atoms with Gasteiger partial charge in [0.05, 0.1) is 4.88 Å². The molecule has 0 radical (unpaired) electrons. The number of amides is 1. The van der Waals surface area contributed by atoms with Gasteiger partial charge >= 0.3 is 0 Å². The lowest BCUT2D eigenvalue weighted by Gasteiger charge is -2.44. The van der Waals surface area contributed by atoms with Crippen LogP contribution in [0.1, 0.15) is 22.5 Å². The Kier molecular flexibility index (Phi) is 4.58. The second-order valence-electron chi connectivity index (χ2n) is 8.37. The molecule has 7 rings (SSSR count). The second-order valence-corrected chi connectivity index (χ2v) is 9.45. The number of hydrogen-bond acceptors (Lipinski definition) is 6. The van der Waals surface area contributed by atoms with Gasteiger partial charge in [-0.25, -0.2) is 0 Å². The van der Waals surface area contributed by atoms with Crippen LogP contribution in [0.5, 0.6) is 0 Å². The van der Waals surface area contributed by atoms with Gasteiger partial charge in [-0.05, 0) is 61.5 Å². The number of hydrogen-bond donors (Lipinski definition) is 1. The van der Waals surface area contributed by atoms with Gasteiger partial charge in [0.25, 0.3) is 11.8 Å². The van der Waals surface area contributed by atoms with Crippen LogP contribution in [0, 0.1) is 5.92 Å². The number of aromatic nitrogens is 2. The number of fused-ring (bicyclic) bond motifs is 4. The Morgan fingerprint density at radius 3 is 2.68 bits per heavy atom. The minimum atomic E-state index is 0.0347. The molecule has 1 amide bonds. The number of nitrogens with one attached hydrogen (secondary N) is 1. The van der Waals surface area contributed by atoms with E-state index in [0.29, 0.717) is 17.6 Å². The molecule has 1 unspecified atom stereocenters. The van der Waals surface area contributed by atoms with Crippen molar-refractivity contribution >= 4 is 27.3 Å². The van der Waals surface area contributed by atoms with E-state index in [1.54, 1.807) is 0 Å². The Bertz CT molecular complexity index is 1240. The molecule has 3 aliphatic rings. The van der Waals surface area contributed by atoms with E-state index in [1.165, 1.54) is 37.3 Å². The van der Waals surface area contributed by atoms with Gasteiger partial charge in [-0.2, -0.15) is 4.98 Å². The number of rotatable bonds is 4. The maximum atomic E-state index is 12.9. The standard InChI is InChI=1S/C24H22N4O2S/c29-23(25-19-14-28-10-8-15(19)9-11-28)21-12-17-6-7-18(13-20(17)31-21)22-26-24(30-27-22)16-4-2-1-3-5-16/h1-7,12-13,15,19H,8-11,14H2,(H,25,29). The van der Waals surface area contributed by atoms with E-state index in [4.69, 9.17) is 4.52 Å². The molecule has 7 heteroatoms. The van der Waals surface area contributed by atoms with Crippen molar-refractivity contribution in [2.75, 3.05) is 19.6 Å². The first kappa shape index (κ1) is 18.7. The average molecular weight is 431 g/mol. The number of carbonyl (C=O) groups is 1. The quantitative estimate of drug-likeness (QED) is 0.518. The predicted molar refractivity (Wildman–Crippen MR) is 121 cm³/mol. The van der Waals surface area contributed by atoms with Gasteiger partial charge in [0, 0.05) is 28.4 Å². The largest absolute Gasteiger partial charge is 0.347 e. The molecule has 1 atom stereocenters. The third-order valence-corrected chi connectivity index (χ3v) is 7.52.